The third kappa shape index (κ3) is 2.84. The second-order valence-electron chi connectivity index (χ2n) is 4.07. The second-order valence-corrected chi connectivity index (χ2v) is 4.98. The van der Waals surface area contributed by atoms with E-state index < -0.39 is 5.97 Å². The summed E-state index contributed by atoms with van der Waals surface area (Å²) in [6, 6.07) is 5.00. The predicted molar refractivity (Wildman–Crippen MR) is 74.8 cm³/mol. The van der Waals surface area contributed by atoms with Crippen LogP contribution in [0.15, 0.2) is 22.7 Å². The number of hydrogen-bond donors (Lipinski definition) is 1. The Labute approximate surface area is 119 Å². The van der Waals surface area contributed by atoms with E-state index in [-0.39, 0.29) is 5.56 Å². The predicted octanol–water partition coefficient (Wildman–Crippen LogP) is 2.85. The quantitative estimate of drug-likeness (QED) is 0.939. The van der Waals surface area contributed by atoms with Crippen LogP contribution >= 0.6 is 15.9 Å². The molecule has 0 amide bonds. The zero-order chi connectivity index (χ0) is 14.0. The lowest BCUT2D eigenvalue weighted by Gasteiger charge is -2.06. The molecule has 1 N–H and O–H groups in total. The SMILES string of the molecule is CCc1nc(CC)n(-c2cc(Br)cc(C(=O)O)c2)n1. The Morgan fingerprint density at radius 2 is 2.05 bits per heavy atom. The van der Waals surface area contributed by atoms with Crippen LogP contribution in [-0.2, 0) is 12.8 Å². The lowest BCUT2D eigenvalue weighted by atomic mass is 10.2. The van der Waals surface area contributed by atoms with Gasteiger partial charge in [-0.1, -0.05) is 29.8 Å². The largest absolute Gasteiger partial charge is 0.478 e. The third-order valence-electron chi connectivity index (χ3n) is 2.72. The second kappa shape index (κ2) is 5.52. The van der Waals surface area contributed by atoms with Crippen molar-refractivity contribution in [3.63, 3.8) is 0 Å². The highest BCUT2D eigenvalue weighted by atomic mass is 79.9. The summed E-state index contributed by atoms with van der Waals surface area (Å²) in [6.45, 7) is 3.98. The van der Waals surface area contributed by atoms with E-state index in [2.05, 4.69) is 26.0 Å². The Morgan fingerprint density at radius 1 is 1.32 bits per heavy atom. The van der Waals surface area contributed by atoms with E-state index in [1.165, 1.54) is 0 Å². The highest BCUT2D eigenvalue weighted by Crippen LogP contribution is 2.20. The number of aromatic nitrogens is 3. The first-order valence-electron chi connectivity index (χ1n) is 6.04. The minimum absolute atomic E-state index is 0.222. The van der Waals surface area contributed by atoms with Gasteiger partial charge in [0.05, 0.1) is 11.3 Å². The summed E-state index contributed by atoms with van der Waals surface area (Å²) in [4.78, 5) is 15.5. The number of nitrogens with zero attached hydrogens (tertiary/aromatic N) is 3. The summed E-state index contributed by atoms with van der Waals surface area (Å²) in [5.74, 6) is 0.622. The molecule has 0 aliphatic rings. The molecule has 0 saturated heterocycles. The molecule has 19 heavy (non-hydrogen) atoms. The van der Waals surface area contributed by atoms with Crippen molar-refractivity contribution in [3.05, 3.63) is 39.9 Å². The van der Waals surface area contributed by atoms with Gasteiger partial charge in [-0.05, 0) is 18.2 Å². The molecular formula is C13H14BrN3O2. The van der Waals surface area contributed by atoms with Gasteiger partial charge >= 0.3 is 5.97 Å². The fourth-order valence-corrected chi connectivity index (χ4v) is 2.28. The van der Waals surface area contributed by atoms with Crippen molar-refractivity contribution in [2.75, 3.05) is 0 Å². The average Bonchev–Trinajstić information content (AvgIpc) is 2.81. The lowest BCUT2D eigenvalue weighted by molar-refractivity contribution is 0.0696. The van der Waals surface area contributed by atoms with Gasteiger partial charge in [0.25, 0.3) is 0 Å². The number of halogens is 1. The van der Waals surface area contributed by atoms with Gasteiger partial charge in [-0.2, -0.15) is 5.10 Å². The fourth-order valence-electron chi connectivity index (χ4n) is 1.80. The number of carboxylic acids is 1. The normalized spacial score (nSPS) is 10.7. The van der Waals surface area contributed by atoms with Crippen molar-refractivity contribution in [3.8, 4) is 5.69 Å². The van der Waals surface area contributed by atoms with Crippen LogP contribution in [-0.4, -0.2) is 25.8 Å². The van der Waals surface area contributed by atoms with Crippen molar-refractivity contribution >= 4 is 21.9 Å². The minimum Gasteiger partial charge on any atom is -0.478 e. The van der Waals surface area contributed by atoms with E-state index in [4.69, 9.17) is 5.11 Å². The van der Waals surface area contributed by atoms with Gasteiger partial charge in [-0.25, -0.2) is 14.5 Å². The Balaban J connectivity index is 2.57. The van der Waals surface area contributed by atoms with E-state index in [1.807, 2.05) is 19.9 Å². The van der Waals surface area contributed by atoms with Gasteiger partial charge in [-0.3, -0.25) is 0 Å². The van der Waals surface area contributed by atoms with Crippen molar-refractivity contribution < 1.29 is 9.90 Å². The number of aryl methyl sites for hydroxylation is 2. The minimum atomic E-state index is -0.962. The van der Waals surface area contributed by atoms with Crippen molar-refractivity contribution in [1.82, 2.24) is 14.8 Å². The van der Waals surface area contributed by atoms with E-state index in [0.29, 0.717) is 10.2 Å². The van der Waals surface area contributed by atoms with Crippen LogP contribution in [0.1, 0.15) is 35.9 Å². The van der Waals surface area contributed by atoms with Crippen molar-refractivity contribution in [2.45, 2.75) is 26.7 Å². The molecule has 1 heterocycles. The van der Waals surface area contributed by atoms with Crippen LogP contribution in [0.4, 0.5) is 0 Å². The number of hydrogen-bond acceptors (Lipinski definition) is 3. The maximum Gasteiger partial charge on any atom is 0.335 e. The fraction of sp³-hybridized carbons (Fsp3) is 0.308. The molecule has 0 saturated carbocycles. The van der Waals surface area contributed by atoms with Gasteiger partial charge in [0.1, 0.15) is 5.82 Å². The zero-order valence-electron chi connectivity index (χ0n) is 10.7. The molecule has 0 bridgehead atoms. The maximum atomic E-state index is 11.1. The molecule has 0 unspecified atom stereocenters. The number of aromatic carboxylic acids is 1. The molecular weight excluding hydrogens is 310 g/mol. The summed E-state index contributed by atoms with van der Waals surface area (Å²) in [5.41, 5.74) is 0.927. The van der Waals surface area contributed by atoms with Crippen LogP contribution in [0.5, 0.6) is 0 Å². The van der Waals surface area contributed by atoms with Crippen LogP contribution in [0.3, 0.4) is 0 Å². The molecule has 1 aromatic heterocycles. The summed E-state index contributed by atoms with van der Waals surface area (Å²) in [6.07, 6.45) is 1.49. The molecule has 1 aromatic carbocycles. The highest BCUT2D eigenvalue weighted by Gasteiger charge is 2.12. The van der Waals surface area contributed by atoms with Gasteiger partial charge < -0.3 is 5.11 Å². The van der Waals surface area contributed by atoms with Crippen molar-refractivity contribution in [1.29, 1.82) is 0 Å². The molecule has 100 valence electrons. The summed E-state index contributed by atoms with van der Waals surface area (Å²) < 4.78 is 2.41. The van der Waals surface area contributed by atoms with Gasteiger partial charge in [-0.15, -0.1) is 0 Å². The standard InChI is InChI=1S/C13H14BrN3O2/c1-3-11-15-12(4-2)17(16-11)10-6-8(13(18)19)5-9(14)7-10/h5-7H,3-4H2,1-2H3,(H,18,19). The lowest BCUT2D eigenvalue weighted by Crippen LogP contribution is -2.05. The van der Waals surface area contributed by atoms with Crippen LogP contribution in [0, 0.1) is 0 Å². The van der Waals surface area contributed by atoms with Gasteiger partial charge in [0, 0.05) is 17.3 Å². The maximum absolute atomic E-state index is 11.1. The number of rotatable bonds is 4. The monoisotopic (exact) mass is 323 g/mol. The van der Waals surface area contributed by atoms with Gasteiger partial charge in [0.2, 0.25) is 0 Å². The van der Waals surface area contributed by atoms with Crippen LogP contribution in [0.25, 0.3) is 5.69 Å². The summed E-state index contributed by atoms with van der Waals surface area (Å²) >= 11 is 3.32. The molecule has 2 aromatic rings. The molecule has 0 radical (unpaired) electrons. The smallest absolute Gasteiger partial charge is 0.335 e. The highest BCUT2D eigenvalue weighted by molar-refractivity contribution is 9.10. The average molecular weight is 324 g/mol. The van der Waals surface area contributed by atoms with E-state index in [9.17, 15) is 4.79 Å². The van der Waals surface area contributed by atoms with Crippen LogP contribution < -0.4 is 0 Å². The molecule has 0 aliphatic carbocycles. The Kier molecular flexibility index (Phi) is 3.99. The van der Waals surface area contributed by atoms with Crippen LogP contribution in [0.2, 0.25) is 0 Å². The van der Waals surface area contributed by atoms with Crippen molar-refractivity contribution in [2.24, 2.45) is 0 Å². The van der Waals surface area contributed by atoms with E-state index >= 15 is 0 Å². The van der Waals surface area contributed by atoms with Gasteiger partial charge in [0.15, 0.2) is 5.82 Å². The zero-order valence-corrected chi connectivity index (χ0v) is 12.3. The molecule has 0 aliphatic heterocycles. The topological polar surface area (TPSA) is 68.0 Å². The number of carboxylic acid groups (broad SMARTS) is 1. The molecule has 0 fully saturated rings. The molecule has 5 nitrogen and oxygen atoms in total. The Bertz CT molecular complexity index is 622. The van der Waals surface area contributed by atoms with E-state index in [0.717, 1.165) is 24.5 Å². The molecule has 2 rings (SSSR count). The first-order chi connectivity index (χ1) is 9.05. The van der Waals surface area contributed by atoms with E-state index in [1.54, 1.807) is 16.8 Å². The molecule has 0 atom stereocenters. The number of carbonyl (C=O) groups is 1. The molecule has 0 spiro atoms. The Morgan fingerprint density at radius 3 is 2.63 bits per heavy atom. The number of benzene rings is 1. The Hall–Kier alpha value is -1.69. The first-order valence-corrected chi connectivity index (χ1v) is 6.83. The summed E-state index contributed by atoms with van der Waals surface area (Å²) in [7, 11) is 0. The first kappa shape index (κ1) is 13.7. The third-order valence-corrected chi connectivity index (χ3v) is 3.18. The molecule has 6 heteroatoms. The summed E-state index contributed by atoms with van der Waals surface area (Å²) in [5, 5.41) is 13.5.